The predicted molar refractivity (Wildman–Crippen MR) is 71.9 cm³/mol. The molecule has 20 heavy (non-hydrogen) atoms. The summed E-state index contributed by atoms with van der Waals surface area (Å²) in [4.78, 5) is 25.9. The van der Waals surface area contributed by atoms with Gasteiger partial charge in [0.15, 0.2) is 0 Å². The van der Waals surface area contributed by atoms with Crippen LogP contribution >= 0.6 is 0 Å². The second-order valence-corrected chi connectivity index (χ2v) is 3.95. The maximum Gasteiger partial charge on any atom is 0.309 e. The Morgan fingerprint density at radius 1 is 1.30 bits per heavy atom. The van der Waals surface area contributed by atoms with E-state index in [2.05, 4.69) is 10.3 Å². The van der Waals surface area contributed by atoms with E-state index in [9.17, 15) is 9.59 Å². The number of aromatic nitrogens is 1. The third-order valence-electron chi connectivity index (χ3n) is 2.34. The number of carboxylic acid groups (broad SMARTS) is 1. The molecule has 0 fully saturated rings. The Bertz CT molecular complexity index is 632. The zero-order valence-electron chi connectivity index (χ0n) is 10.4. The Balaban J connectivity index is 1.93. The first-order valence-electron chi connectivity index (χ1n) is 5.84. The second-order valence-electron chi connectivity index (χ2n) is 3.95. The maximum atomic E-state index is 11.6. The number of carboxylic acids is 1. The van der Waals surface area contributed by atoms with Gasteiger partial charge in [-0.15, -0.1) is 0 Å². The summed E-state index contributed by atoms with van der Waals surface area (Å²) in [6, 6.07) is 9.31. The number of hydrogen-bond donors (Lipinski definition) is 2. The van der Waals surface area contributed by atoms with Crippen molar-refractivity contribution < 1.29 is 19.1 Å². The summed E-state index contributed by atoms with van der Waals surface area (Å²) in [5.41, 5.74) is 1.14. The first-order valence-corrected chi connectivity index (χ1v) is 5.84. The van der Waals surface area contributed by atoms with Gasteiger partial charge in [-0.1, -0.05) is 30.3 Å². The number of nitrogens with zero attached hydrogens (tertiary/aromatic N) is 1. The van der Waals surface area contributed by atoms with Crippen LogP contribution in [0.2, 0.25) is 0 Å². The molecular weight excluding hydrogens is 260 g/mol. The van der Waals surface area contributed by atoms with Gasteiger partial charge in [-0.2, -0.15) is 4.98 Å². The van der Waals surface area contributed by atoms with Gasteiger partial charge in [0, 0.05) is 6.08 Å². The van der Waals surface area contributed by atoms with Gasteiger partial charge in [-0.05, 0) is 11.6 Å². The minimum atomic E-state index is -1.01. The van der Waals surface area contributed by atoms with Gasteiger partial charge in [0.1, 0.15) is 6.26 Å². The van der Waals surface area contributed by atoms with Crippen LogP contribution in [-0.2, 0) is 16.0 Å². The van der Waals surface area contributed by atoms with Crippen LogP contribution in [0.25, 0.3) is 6.08 Å². The van der Waals surface area contributed by atoms with Crippen LogP contribution < -0.4 is 5.32 Å². The molecule has 102 valence electrons. The standard InChI is InChI=1S/C14H12N2O4/c17-12(7-6-10-4-2-1-3-5-10)16-14-15-11(9-20-14)8-13(18)19/h1-7,9H,8H2,(H,18,19)(H,15,16,17)/b7-6+. The van der Waals surface area contributed by atoms with E-state index in [1.165, 1.54) is 12.3 Å². The van der Waals surface area contributed by atoms with E-state index in [4.69, 9.17) is 9.52 Å². The Morgan fingerprint density at radius 2 is 2.05 bits per heavy atom. The average Bonchev–Trinajstić information content (AvgIpc) is 2.84. The normalized spacial score (nSPS) is 10.6. The van der Waals surface area contributed by atoms with E-state index < -0.39 is 11.9 Å². The summed E-state index contributed by atoms with van der Waals surface area (Å²) in [7, 11) is 0. The first kappa shape index (κ1) is 13.5. The number of hydrogen-bond acceptors (Lipinski definition) is 4. The van der Waals surface area contributed by atoms with Gasteiger partial charge >= 0.3 is 12.0 Å². The summed E-state index contributed by atoms with van der Waals surface area (Å²) >= 11 is 0. The van der Waals surface area contributed by atoms with Crippen LogP contribution in [0.3, 0.4) is 0 Å². The quantitative estimate of drug-likeness (QED) is 0.811. The predicted octanol–water partition coefficient (Wildman–Crippen LogP) is 1.95. The van der Waals surface area contributed by atoms with E-state index in [0.717, 1.165) is 5.56 Å². The average molecular weight is 272 g/mol. The molecule has 0 aliphatic heterocycles. The van der Waals surface area contributed by atoms with Crippen LogP contribution in [-0.4, -0.2) is 22.0 Å². The number of aliphatic carboxylic acids is 1. The molecule has 6 nitrogen and oxygen atoms in total. The molecule has 2 aromatic rings. The zero-order valence-corrected chi connectivity index (χ0v) is 10.4. The molecule has 0 saturated heterocycles. The van der Waals surface area contributed by atoms with Gasteiger partial charge in [0.25, 0.3) is 5.91 Å². The van der Waals surface area contributed by atoms with Crippen LogP contribution in [0.1, 0.15) is 11.3 Å². The Kier molecular flexibility index (Phi) is 4.28. The monoisotopic (exact) mass is 272 g/mol. The number of oxazole rings is 1. The number of amides is 1. The summed E-state index contributed by atoms with van der Waals surface area (Å²) in [6.07, 6.45) is 3.94. The van der Waals surface area contributed by atoms with Crippen molar-refractivity contribution >= 4 is 24.0 Å². The minimum Gasteiger partial charge on any atom is -0.481 e. The van der Waals surface area contributed by atoms with Gasteiger partial charge in [-0.3, -0.25) is 14.9 Å². The lowest BCUT2D eigenvalue weighted by Gasteiger charge is -1.95. The third-order valence-corrected chi connectivity index (χ3v) is 2.34. The second kappa shape index (κ2) is 6.33. The summed E-state index contributed by atoms with van der Waals surface area (Å²) in [6.45, 7) is 0. The van der Waals surface area contributed by atoms with Crippen molar-refractivity contribution in [2.45, 2.75) is 6.42 Å². The molecule has 0 atom stereocenters. The molecule has 0 unspecified atom stereocenters. The smallest absolute Gasteiger partial charge is 0.309 e. The fourth-order valence-corrected chi connectivity index (χ4v) is 1.48. The Morgan fingerprint density at radius 3 is 2.75 bits per heavy atom. The van der Waals surface area contributed by atoms with Crippen molar-refractivity contribution in [3.05, 3.63) is 53.9 Å². The molecular formula is C14H12N2O4. The van der Waals surface area contributed by atoms with Crippen molar-refractivity contribution in [3.8, 4) is 0 Å². The number of benzene rings is 1. The zero-order chi connectivity index (χ0) is 14.4. The lowest BCUT2D eigenvalue weighted by Crippen LogP contribution is -2.08. The largest absolute Gasteiger partial charge is 0.481 e. The molecule has 1 aromatic carbocycles. The molecule has 0 aliphatic carbocycles. The molecule has 2 rings (SSSR count). The van der Waals surface area contributed by atoms with E-state index in [0.29, 0.717) is 0 Å². The molecule has 1 aromatic heterocycles. The molecule has 0 bridgehead atoms. The fraction of sp³-hybridized carbons (Fsp3) is 0.0714. The van der Waals surface area contributed by atoms with Gasteiger partial charge < -0.3 is 9.52 Å². The summed E-state index contributed by atoms with van der Waals surface area (Å²) in [5.74, 6) is -1.42. The highest BCUT2D eigenvalue weighted by molar-refractivity contribution is 6.00. The number of carbonyl (C=O) groups excluding carboxylic acids is 1. The van der Waals surface area contributed by atoms with Crippen LogP contribution in [0.15, 0.2) is 47.1 Å². The van der Waals surface area contributed by atoms with Crippen LogP contribution in [0.4, 0.5) is 6.01 Å². The maximum absolute atomic E-state index is 11.6. The SMILES string of the molecule is O=C(O)Cc1coc(NC(=O)/C=C/c2ccccc2)n1. The van der Waals surface area contributed by atoms with Crippen molar-refractivity contribution in [2.24, 2.45) is 0 Å². The molecule has 2 N–H and O–H groups in total. The van der Waals surface area contributed by atoms with E-state index in [1.54, 1.807) is 6.08 Å². The molecule has 6 heteroatoms. The third kappa shape index (κ3) is 4.09. The van der Waals surface area contributed by atoms with Gasteiger partial charge in [0.05, 0.1) is 12.1 Å². The number of anilines is 1. The van der Waals surface area contributed by atoms with Crippen LogP contribution in [0.5, 0.6) is 0 Å². The van der Waals surface area contributed by atoms with Crippen molar-refractivity contribution in [1.82, 2.24) is 4.98 Å². The topological polar surface area (TPSA) is 92.4 Å². The first-order chi connectivity index (χ1) is 9.63. The van der Waals surface area contributed by atoms with E-state index in [1.807, 2.05) is 30.3 Å². The van der Waals surface area contributed by atoms with Gasteiger partial charge in [-0.25, -0.2) is 0 Å². The Hall–Kier alpha value is -2.89. The molecule has 1 amide bonds. The highest BCUT2D eigenvalue weighted by Crippen LogP contribution is 2.08. The minimum absolute atomic E-state index is 0.0241. The van der Waals surface area contributed by atoms with E-state index in [-0.39, 0.29) is 18.1 Å². The molecule has 0 aliphatic rings. The molecule has 1 heterocycles. The summed E-state index contributed by atoms with van der Waals surface area (Å²) in [5, 5.41) is 11.0. The lowest BCUT2D eigenvalue weighted by molar-refractivity contribution is -0.136. The number of carbonyl (C=O) groups is 2. The fourth-order valence-electron chi connectivity index (χ4n) is 1.48. The van der Waals surface area contributed by atoms with E-state index >= 15 is 0 Å². The van der Waals surface area contributed by atoms with Gasteiger partial charge in [0.2, 0.25) is 0 Å². The highest BCUT2D eigenvalue weighted by atomic mass is 16.4. The molecule has 0 radical (unpaired) electrons. The summed E-state index contributed by atoms with van der Waals surface area (Å²) < 4.78 is 4.95. The Labute approximate surface area is 114 Å². The molecule has 0 saturated carbocycles. The molecule has 0 spiro atoms. The van der Waals surface area contributed by atoms with Crippen LogP contribution in [0, 0.1) is 0 Å². The number of rotatable bonds is 5. The van der Waals surface area contributed by atoms with Crippen molar-refractivity contribution in [1.29, 1.82) is 0 Å². The number of nitrogens with one attached hydrogen (secondary N) is 1. The van der Waals surface area contributed by atoms with Crippen molar-refractivity contribution in [2.75, 3.05) is 5.32 Å². The highest BCUT2D eigenvalue weighted by Gasteiger charge is 2.08. The lowest BCUT2D eigenvalue weighted by atomic mass is 10.2. The van der Waals surface area contributed by atoms with Crippen molar-refractivity contribution in [3.63, 3.8) is 0 Å².